The Hall–Kier alpha value is -2.90. The SMILES string of the molecule is C[C@@H]1CCN(C(=O)c2cc3nc(-c4ccccc4)cc(C(F)(F)F)n3n2)[C@H]2CCCC[C@H]12. The predicted molar refractivity (Wildman–Crippen MR) is 114 cm³/mol. The number of likely N-dealkylation sites (tertiary alicyclic amines) is 1. The summed E-state index contributed by atoms with van der Waals surface area (Å²) in [6.45, 7) is 2.85. The second-order valence-electron chi connectivity index (χ2n) is 8.97. The molecule has 1 aliphatic carbocycles. The zero-order valence-corrected chi connectivity index (χ0v) is 17.8. The van der Waals surface area contributed by atoms with Crippen LogP contribution in [0.2, 0.25) is 0 Å². The van der Waals surface area contributed by atoms with Crippen molar-refractivity contribution in [1.82, 2.24) is 19.5 Å². The Bertz CT molecular complexity index is 1140. The highest BCUT2D eigenvalue weighted by atomic mass is 19.4. The van der Waals surface area contributed by atoms with Crippen LogP contribution < -0.4 is 0 Å². The average molecular weight is 442 g/mol. The van der Waals surface area contributed by atoms with Crippen molar-refractivity contribution in [3.63, 3.8) is 0 Å². The maximum Gasteiger partial charge on any atom is 0.433 e. The van der Waals surface area contributed by atoms with Crippen LogP contribution >= 0.6 is 0 Å². The highest BCUT2D eigenvalue weighted by Crippen LogP contribution is 2.39. The number of aromatic nitrogens is 3. The molecule has 8 heteroatoms. The third-order valence-electron chi connectivity index (χ3n) is 7.01. The minimum Gasteiger partial charge on any atom is -0.334 e. The maximum absolute atomic E-state index is 13.9. The lowest BCUT2D eigenvalue weighted by atomic mass is 9.72. The molecular weight excluding hydrogens is 417 g/mol. The van der Waals surface area contributed by atoms with Crippen LogP contribution in [0.25, 0.3) is 16.9 Å². The van der Waals surface area contributed by atoms with Gasteiger partial charge in [0.05, 0.1) is 5.69 Å². The highest BCUT2D eigenvalue weighted by molar-refractivity contribution is 5.93. The number of carbonyl (C=O) groups excluding carboxylic acids is 1. The molecule has 1 aliphatic heterocycles. The van der Waals surface area contributed by atoms with Gasteiger partial charge < -0.3 is 4.90 Å². The molecule has 3 atom stereocenters. The Morgan fingerprint density at radius 2 is 1.81 bits per heavy atom. The number of benzene rings is 1. The standard InChI is InChI=1S/C24H25F3N4O/c1-15-11-12-30(20-10-6-5-9-17(15)20)23(32)19-14-22-28-18(16-7-3-2-4-8-16)13-21(24(25,26)27)31(22)29-19/h2-4,7-8,13-15,17,20H,5-6,9-12H2,1H3/t15-,17-,20+/m1/s1. The van der Waals surface area contributed by atoms with Crippen LogP contribution in [-0.4, -0.2) is 38.0 Å². The Kier molecular flexibility index (Phi) is 5.18. The molecule has 1 aromatic carbocycles. The largest absolute Gasteiger partial charge is 0.433 e. The first kappa shape index (κ1) is 21.0. The van der Waals surface area contributed by atoms with E-state index < -0.39 is 11.9 Å². The molecule has 32 heavy (non-hydrogen) atoms. The first-order valence-electron chi connectivity index (χ1n) is 11.2. The van der Waals surface area contributed by atoms with E-state index in [1.54, 1.807) is 30.3 Å². The molecule has 0 radical (unpaired) electrons. The van der Waals surface area contributed by atoms with Gasteiger partial charge in [0.1, 0.15) is 0 Å². The summed E-state index contributed by atoms with van der Waals surface area (Å²) < 4.78 is 42.3. The minimum atomic E-state index is -4.63. The summed E-state index contributed by atoms with van der Waals surface area (Å²) in [7, 11) is 0. The first-order chi connectivity index (χ1) is 15.3. The summed E-state index contributed by atoms with van der Waals surface area (Å²) in [5, 5.41) is 4.09. The summed E-state index contributed by atoms with van der Waals surface area (Å²) >= 11 is 0. The number of fused-ring (bicyclic) bond motifs is 2. The van der Waals surface area contributed by atoms with Crippen molar-refractivity contribution in [3.05, 3.63) is 53.9 Å². The van der Waals surface area contributed by atoms with E-state index in [1.807, 2.05) is 4.90 Å². The smallest absolute Gasteiger partial charge is 0.334 e. The third-order valence-corrected chi connectivity index (χ3v) is 7.01. The molecule has 3 aromatic rings. The second kappa shape index (κ2) is 7.90. The molecule has 5 rings (SSSR count). The molecule has 0 N–H and O–H groups in total. The van der Waals surface area contributed by atoms with Gasteiger partial charge in [-0.3, -0.25) is 4.79 Å². The van der Waals surface area contributed by atoms with Crippen LogP contribution in [0.4, 0.5) is 13.2 Å². The Balaban J connectivity index is 1.56. The zero-order chi connectivity index (χ0) is 22.5. The van der Waals surface area contributed by atoms with Crippen LogP contribution in [0, 0.1) is 11.8 Å². The number of nitrogens with zero attached hydrogens (tertiary/aromatic N) is 4. The van der Waals surface area contributed by atoms with Crippen LogP contribution in [0.1, 0.15) is 55.2 Å². The van der Waals surface area contributed by atoms with Crippen molar-refractivity contribution in [2.45, 2.75) is 51.2 Å². The Morgan fingerprint density at radius 1 is 1.06 bits per heavy atom. The van der Waals surface area contributed by atoms with Gasteiger partial charge in [-0.05, 0) is 37.2 Å². The van der Waals surface area contributed by atoms with Crippen molar-refractivity contribution in [1.29, 1.82) is 0 Å². The van der Waals surface area contributed by atoms with Crippen molar-refractivity contribution < 1.29 is 18.0 Å². The number of alkyl halides is 3. The summed E-state index contributed by atoms with van der Waals surface area (Å²) in [6.07, 6.45) is 0.557. The topological polar surface area (TPSA) is 50.5 Å². The van der Waals surface area contributed by atoms with E-state index in [0.717, 1.165) is 36.3 Å². The number of carbonyl (C=O) groups is 1. The lowest BCUT2D eigenvalue weighted by Gasteiger charge is -2.47. The number of piperidine rings is 1. The van der Waals surface area contributed by atoms with Gasteiger partial charge in [0.2, 0.25) is 0 Å². The lowest BCUT2D eigenvalue weighted by molar-refractivity contribution is -0.142. The van der Waals surface area contributed by atoms with Gasteiger partial charge in [-0.15, -0.1) is 0 Å². The highest BCUT2D eigenvalue weighted by Gasteiger charge is 2.41. The summed E-state index contributed by atoms with van der Waals surface area (Å²) in [6, 6.07) is 11.2. The molecule has 0 spiro atoms. The molecule has 2 aromatic heterocycles. The van der Waals surface area contributed by atoms with Gasteiger partial charge in [-0.1, -0.05) is 50.1 Å². The maximum atomic E-state index is 13.9. The molecule has 2 aliphatic rings. The molecule has 5 nitrogen and oxygen atoms in total. The lowest BCUT2D eigenvalue weighted by Crippen LogP contribution is -2.52. The van der Waals surface area contributed by atoms with E-state index in [9.17, 15) is 18.0 Å². The van der Waals surface area contributed by atoms with Crippen molar-refractivity contribution in [2.75, 3.05) is 6.54 Å². The van der Waals surface area contributed by atoms with Gasteiger partial charge >= 0.3 is 6.18 Å². The van der Waals surface area contributed by atoms with Crippen LogP contribution in [0.15, 0.2) is 42.5 Å². The normalized spacial score (nSPS) is 23.9. The van der Waals surface area contributed by atoms with Crippen LogP contribution in [-0.2, 0) is 6.18 Å². The van der Waals surface area contributed by atoms with Gasteiger partial charge in [-0.2, -0.15) is 18.3 Å². The molecule has 0 unspecified atom stereocenters. The number of hydrogen-bond donors (Lipinski definition) is 0. The fourth-order valence-corrected chi connectivity index (χ4v) is 5.35. The van der Waals surface area contributed by atoms with Crippen LogP contribution in [0.5, 0.6) is 0 Å². The molecule has 1 saturated heterocycles. The third kappa shape index (κ3) is 3.65. The van der Waals surface area contributed by atoms with Gasteiger partial charge in [-0.25, -0.2) is 9.50 Å². The number of halogens is 3. The summed E-state index contributed by atoms with van der Waals surface area (Å²) in [5.74, 6) is 0.707. The van der Waals surface area contributed by atoms with Gasteiger partial charge in [0.25, 0.3) is 5.91 Å². The van der Waals surface area contributed by atoms with Crippen LogP contribution in [0.3, 0.4) is 0 Å². The minimum absolute atomic E-state index is 0.0205. The molecule has 1 amide bonds. The quantitative estimate of drug-likeness (QED) is 0.530. The van der Waals surface area contributed by atoms with E-state index >= 15 is 0 Å². The molecule has 1 saturated carbocycles. The molecule has 3 heterocycles. The molecular formula is C24H25F3N4O. The Labute approximate surface area is 184 Å². The molecule has 0 bridgehead atoms. The fraction of sp³-hybridized carbons (Fsp3) is 0.458. The average Bonchev–Trinajstić information content (AvgIpc) is 3.22. The van der Waals surface area contributed by atoms with E-state index in [-0.39, 0.29) is 29.0 Å². The fourth-order valence-electron chi connectivity index (χ4n) is 5.35. The monoisotopic (exact) mass is 442 g/mol. The second-order valence-corrected chi connectivity index (χ2v) is 8.97. The van der Waals surface area contributed by atoms with E-state index in [0.29, 0.717) is 23.9 Å². The van der Waals surface area contributed by atoms with Crippen molar-refractivity contribution >= 4 is 11.6 Å². The first-order valence-corrected chi connectivity index (χ1v) is 11.2. The Morgan fingerprint density at radius 3 is 2.56 bits per heavy atom. The van der Waals surface area contributed by atoms with Gasteiger partial charge in [0, 0.05) is 24.2 Å². The molecule has 2 fully saturated rings. The summed E-state index contributed by atoms with van der Waals surface area (Å²) in [5.41, 5.74) is -0.129. The van der Waals surface area contributed by atoms with E-state index in [2.05, 4.69) is 17.0 Å². The number of hydrogen-bond acceptors (Lipinski definition) is 3. The van der Waals surface area contributed by atoms with E-state index in [4.69, 9.17) is 0 Å². The number of rotatable bonds is 2. The number of amides is 1. The summed E-state index contributed by atoms with van der Waals surface area (Å²) in [4.78, 5) is 19.6. The van der Waals surface area contributed by atoms with E-state index in [1.165, 1.54) is 12.5 Å². The molecule has 168 valence electrons. The van der Waals surface area contributed by atoms with Crippen molar-refractivity contribution in [3.8, 4) is 11.3 Å². The predicted octanol–water partition coefficient (Wildman–Crippen LogP) is 5.46. The van der Waals surface area contributed by atoms with Gasteiger partial charge in [0.15, 0.2) is 17.0 Å². The zero-order valence-electron chi connectivity index (χ0n) is 17.8. The van der Waals surface area contributed by atoms with Crippen molar-refractivity contribution in [2.24, 2.45) is 11.8 Å².